The van der Waals surface area contributed by atoms with E-state index >= 15 is 0 Å². The van der Waals surface area contributed by atoms with Gasteiger partial charge in [-0.05, 0) is 43.8 Å². The van der Waals surface area contributed by atoms with Crippen molar-refractivity contribution in [2.24, 2.45) is 17.6 Å². The second kappa shape index (κ2) is 6.64. The average molecular weight is 294 g/mol. The van der Waals surface area contributed by atoms with Crippen molar-refractivity contribution in [3.8, 4) is 0 Å². The van der Waals surface area contributed by atoms with Crippen molar-refractivity contribution in [2.75, 3.05) is 13.1 Å². The largest absolute Gasteiger partial charge is 0.389 e. The maximum atomic E-state index is 14.3. The number of piperidine rings is 1. The number of hydrogen-bond donors (Lipinski definition) is 1. The van der Waals surface area contributed by atoms with Crippen LogP contribution >= 0.6 is 12.2 Å². The summed E-state index contributed by atoms with van der Waals surface area (Å²) >= 11 is 4.88. The van der Waals surface area contributed by atoms with Gasteiger partial charge in [-0.15, -0.1) is 0 Å². The molecule has 1 fully saturated rings. The fourth-order valence-corrected chi connectivity index (χ4v) is 3.07. The maximum absolute atomic E-state index is 14.3. The van der Waals surface area contributed by atoms with Gasteiger partial charge in [0.15, 0.2) is 0 Å². The maximum Gasteiger partial charge on any atom is 0.137 e. The predicted octanol–water partition coefficient (Wildman–Crippen LogP) is 3.33. The Hall–Kier alpha value is -1.00. The van der Waals surface area contributed by atoms with Crippen LogP contribution in [0.1, 0.15) is 37.8 Å². The Morgan fingerprint density at radius 2 is 2.05 bits per heavy atom. The fraction of sp³-hybridized carbons (Fsp3) is 0.562. The molecule has 20 heavy (non-hydrogen) atoms. The third-order valence-electron chi connectivity index (χ3n) is 4.31. The Morgan fingerprint density at radius 3 is 2.60 bits per heavy atom. The molecule has 1 aliphatic heterocycles. The van der Waals surface area contributed by atoms with E-state index in [1.807, 2.05) is 12.1 Å². The first-order valence-electron chi connectivity index (χ1n) is 7.28. The molecule has 1 saturated heterocycles. The van der Waals surface area contributed by atoms with Crippen LogP contribution in [-0.4, -0.2) is 23.0 Å². The zero-order chi connectivity index (χ0) is 14.7. The number of nitrogens with two attached hydrogens (primary N) is 1. The molecule has 1 aromatic rings. The SMILES string of the molecule is CC(C)C1CCN(Cc2cccc(C(N)=S)c2F)CC1. The molecule has 0 radical (unpaired) electrons. The van der Waals surface area contributed by atoms with Crippen molar-refractivity contribution in [1.29, 1.82) is 0 Å². The second-order valence-electron chi connectivity index (χ2n) is 6.00. The molecule has 0 spiro atoms. The number of halogens is 1. The normalized spacial score (nSPS) is 17.6. The molecule has 0 unspecified atom stereocenters. The minimum Gasteiger partial charge on any atom is -0.389 e. The number of rotatable bonds is 4. The van der Waals surface area contributed by atoms with E-state index in [0.717, 1.165) is 24.9 Å². The Morgan fingerprint density at radius 1 is 1.40 bits per heavy atom. The average Bonchev–Trinajstić information content (AvgIpc) is 2.41. The van der Waals surface area contributed by atoms with Crippen molar-refractivity contribution in [3.63, 3.8) is 0 Å². The summed E-state index contributed by atoms with van der Waals surface area (Å²) in [6, 6.07) is 5.30. The van der Waals surface area contributed by atoms with Crippen molar-refractivity contribution in [1.82, 2.24) is 4.90 Å². The van der Waals surface area contributed by atoms with Gasteiger partial charge in [-0.1, -0.05) is 38.2 Å². The summed E-state index contributed by atoms with van der Waals surface area (Å²) in [5.74, 6) is 1.29. The third-order valence-corrected chi connectivity index (χ3v) is 4.53. The highest BCUT2D eigenvalue weighted by Gasteiger charge is 2.22. The molecule has 0 saturated carbocycles. The predicted molar refractivity (Wildman–Crippen MR) is 85.1 cm³/mol. The van der Waals surface area contributed by atoms with E-state index in [2.05, 4.69) is 18.7 Å². The molecule has 1 aliphatic rings. The molecule has 110 valence electrons. The van der Waals surface area contributed by atoms with E-state index in [0.29, 0.717) is 17.7 Å². The Labute approximate surface area is 126 Å². The van der Waals surface area contributed by atoms with Crippen LogP contribution in [0.5, 0.6) is 0 Å². The molecule has 2 rings (SSSR count). The van der Waals surface area contributed by atoms with Crippen LogP contribution in [0.3, 0.4) is 0 Å². The molecular formula is C16H23FN2S. The van der Waals surface area contributed by atoms with E-state index < -0.39 is 0 Å². The van der Waals surface area contributed by atoms with Crippen molar-refractivity contribution >= 4 is 17.2 Å². The van der Waals surface area contributed by atoms with E-state index in [-0.39, 0.29) is 10.8 Å². The van der Waals surface area contributed by atoms with Crippen molar-refractivity contribution in [2.45, 2.75) is 33.2 Å². The Balaban J connectivity index is 2.01. The smallest absolute Gasteiger partial charge is 0.137 e. The van der Waals surface area contributed by atoms with E-state index in [9.17, 15) is 4.39 Å². The van der Waals surface area contributed by atoms with Crippen molar-refractivity contribution in [3.05, 3.63) is 35.1 Å². The zero-order valence-corrected chi connectivity index (χ0v) is 13.0. The number of nitrogens with zero attached hydrogens (tertiary/aromatic N) is 1. The summed E-state index contributed by atoms with van der Waals surface area (Å²) in [6.45, 7) is 7.30. The summed E-state index contributed by atoms with van der Waals surface area (Å²) in [6.07, 6.45) is 2.41. The molecule has 0 bridgehead atoms. The minimum atomic E-state index is -0.258. The highest BCUT2D eigenvalue weighted by molar-refractivity contribution is 7.80. The number of likely N-dealkylation sites (tertiary alicyclic amines) is 1. The van der Waals surface area contributed by atoms with Gasteiger partial charge in [-0.25, -0.2) is 4.39 Å². The molecule has 0 aromatic heterocycles. The molecular weight excluding hydrogens is 271 g/mol. The van der Waals surface area contributed by atoms with Gasteiger partial charge in [0.05, 0.1) is 0 Å². The van der Waals surface area contributed by atoms with Gasteiger partial charge in [0.1, 0.15) is 10.8 Å². The highest BCUT2D eigenvalue weighted by atomic mass is 32.1. The number of benzene rings is 1. The molecule has 1 heterocycles. The van der Waals surface area contributed by atoms with Crippen LogP contribution in [0.15, 0.2) is 18.2 Å². The van der Waals surface area contributed by atoms with Gasteiger partial charge in [-0.2, -0.15) is 0 Å². The molecule has 1 aromatic carbocycles. The molecule has 2 nitrogen and oxygen atoms in total. The third kappa shape index (κ3) is 3.55. The van der Waals surface area contributed by atoms with Crippen molar-refractivity contribution < 1.29 is 4.39 Å². The summed E-state index contributed by atoms with van der Waals surface area (Å²) in [5, 5.41) is 0. The van der Waals surface area contributed by atoms with E-state index in [1.54, 1.807) is 6.07 Å². The monoisotopic (exact) mass is 294 g/mol. The summed E-state index contributed by atoms with van der Waals surface area (Å²) in [4.78, 5) is 2.45. The lowest BCUT2D eigenvalue weighted by Gasteiger charge is -2.34. The van der Waals surface area contributed by atoms with E-state index in [1.165, 1.54) is 12.8 Å². The first kappa shape index (κ1) is 15.4. The topological polar surface area (TPSA) is 29.3 Å². The first-order valence-corrected chi connectivity index (χ1v) is 7.69. The van der Waals surface area contributed by atoms with Crippen LogP contribution in [0, 0.1) is 17.7 Å². The Bertz CT molecular complexity index is 479. The quantitative estimate of drug-likeness (QED) is 0.864. The van der Waals surface area contributed by atoms with Gasteiger partial charge >= 0.3 is 0 Å². The standard InChI is InChI=1S/C16H23FN2S/c1-11(2)12-6-8-19(9-7-12)10-13-4-3-5-14(15(13)17)16(18)20/h3-5,11-12H,6-10H2,1-2H3,(H2,18,20). The molecule has 2 N–H and O–H groups in total. The van der Waals surface area contributed by atoms with Crippen LogP contribution in [0.4, 0.5) is 4.39 Å². The molecule has 0 amide bonds. The van der Waals surface area contributed by atoms with Gasteiger partial charge in [0.25, 0.3) is 0 Å². The van der Waals surface area contributed by atoms with Crippen LogP contribution < -0.4 is 5.73 Å². The first-order chi connectivity index (χ1) is 9.49. The molecule has 4 heteroatoms. The zero-order valence-electron chi connectivity index (χ0n) is 12.2. The summed E-state index contributed by atoms with van der Waals surface area (Å²) in [5.41, 5.74) is 6.59. The van der Waals surface area contributed by atoms with E-state index in [4.69, 9.17) is 18.0 Å². The second-order valence-corrected chi connectivity index (χ2v) is 6.44. The summed E-state index contributed by atoms with van der Waals surface area (Å²) < 4.78 is 14.3. The van der Waals surface area contributed by atoms with Gasteiger partial charge in [0, 0.05) is 17.7 Å². The van der Waals surface area contributed by atoms with Gasteiger partial charge < -0.3 is 5.73 Å². The van der Waals surface area contributed by atoms with Crippen LogP contribution in [-0.2, 0) is 6.54 Å². The lowest BCUT2D eigenvalue weighted by Crippen LogP contribution is -2.35. The van der Waals surface area contributed by atoms with Gasteiger partial charge in [-0.3, -0.25) is 4.90 Å². The summed E-state index contributed by atoms with van der Waals surface area (Å²) in [7, 11) is 0. The lowest BCUT2D eigenvalue weighted by molar-refractivity contribution is 0.150. The fourth-order valence-electron chi connectivity index (χ4n) is 2.91. The molecule has 0 atom stereocenters. The van der Waals surface area contributed by atoms with Gasteiger partial charge in [0.2, 0.25) is 0 Å². The Kier molecular flexibility index (Phi) is 5.11. The number of hydrogen-bond acceptors (Lipinski definition) is 2. The highest BCUT2D eigenvalue weighted by Crippen LogP contribution is 2.26. The minimum absolute atomic E-state index is 0.128. The lowest BCUT2D eigenvalue weighted by atomic mass is 9.86. The number of thiocarbonyl (C=S) groups is 1. The van der Waals surface area contributed by atoms with Crippen LogP contribution in [0.2, 0.25) is 0 Å². The molecule has 0 aliphatic carbocycles. The van der Waals surface area contributed by atoms with Crippen LogP contribution in [0.25, 0.3) is 0 Å².